The van der Waals surface area contributed by atoms with Crippen LogP contribution in [-0.2, 0) is 4.74 Å². The number of fused-ring (bicyclic) bond motifs is 2. The molecule has 2 fully saturated rings. The highest BCUT2D eigenvalue weighted by atomic mass is 16.6. The molecule has 3 unspecified atom stereocenters. The minimum Gasteiger partial charge on any atom is -0.444 e. The van der Waals surface area contributed by atoms with Gasteiger partial charge in [0.1, 0.15) is 5.60 Å². The number of hydrogen-bond donors (Lipinski definition) is 1. The molecule has 2 bridgehead atoms. The number of nitrogens with one attached hydrogen (secondary N) is 1. The van der Waals surface area contributed by atoms with Gasteiger partial charge in [0.2, 0.25) is 0 Å². The first-order valence-corrected chi connectivity index (χ1v) is 7.25. The zero-order valence-electron chi connectivity index (χ0n) is 12.3. The summed E-state index contributed by atoms with van der Waals surface area (Å²) in [6, 6.07) is 0.743. The molecule has 1 amide bonds. The molecule has 0 aromatic rings. The molecule has 2 aliphatic heterocycles. The van der Waals surface area contributed by atoms with Crippen molar-refractivity contribution >= 4 is 6.09 Å². The van der Waals surface area contributed by atoms with Crippen LogP contribution < -0.4 is 5.32 Å². The third kappa shape index (κ3) is 3.30. The van der Waals surface area contributed by atoms with Gasteiger partial charge in [0.15, 0.2) is 0 Å². The van der Waals surface area contributed by atoms with Crippen molar-refractivity contribution in [3.63, 3.8) is 0 Å². The first kappa shape index (κ1) is 14.4. The Hall–Kier alpha value is -1.03. The highest BCUT2D eigenvalue weighted by Gasteiger charge is 2.49. The number of hydrogen-bond acceptors (Lipinski definition) is 3. The monoisotopic (exact) mass is 266 g/mol. The predicted octanol–water partition coefficient (Wildman–Crippen LogP) is 2.55. The number of nitrogens with zero attached hydrogens (tertiary/aromatic N) is 1. The van der Waals surface area contributed by atoms with Crippen molar-refractivity contribution in [2.45, 2.75) is 57.7 Å². The van der Waals surface area contributed by atoms with Crippen LogP contribution in [0.3, 0.4) is 0 Å². The number of carbonyl (C=O) groups is 1. The van der Waals surface area contributed by atoms with Crippen LogP contribution in [0.4, 0.5) is 4.79 Å². The second-order valence-corrected chi connectivity index (χ2v) is 6.63. The van der Waals surface area contributed by atoms with E-state index in [1.165, 1.54) is 0 Å². The Labute approximate surface area is 116 Å². The van der Waals surface area contributed by atoms with Crippen LogP contribution in [-0.4, -0.2) is 41.8 Å². The molecule has 2 rings (SSSR count). The first-order valence-electron chi connectivity index (χ1n) is 7.25. The Bertz CT molecular complexity index is 349. The van der Waals surface area contributed by atoms with E-state index < -0.39 is 5.60 Å². The van der Waals surface area contributed by atoms with Gasteiger partial charge in [0.05, 0.1) is 0 Å². The highest BCUT2D eigenvalue weighted by molar-refractivity contribution is 5.70. The van der Waals surface area contributed by atoms with E-state index in [0.29, 0.717) is 18.0 Å². The van der Waals surface area contributed by atoms with E-state index in [0.717, 1.165) is 32.4 Å². The topological polar surface area (TPSA) is 41.6 Å². The van der Waals surface area contributed by atoms with Crippen molar-refractivity contribution in [3.05, 3.63) is 12.7 Å². The van der Waals surface area contributed by atoms with Gasteiger partial charge in [-0.15, -0.1) is 6.58 Å². The molecular weight excluding hydrogens is 240 g/mol. The maximum absolute atomic E-state index is 12.3. The van der Waals surface area contributed by atoms with Gasteiger partial charge >= 0.3 is 6.09 Å². The van der Waals surface area contributed by atoms with E-state index in [4.69, 9.17) is 4.74 Å². The summed E-state index contributed by atoms with van der Waals surface area (Å²) in [5.41, 5.74) is -0.407. The van der Waals surface area contributed by atoms with Crippen molar-refractivity contribution in [1.82, 2.24) is 10.2 Å². The summed E-state index contributed by atoms with van der Waals surface area (Å²) >= 11 is 0. The van der Waals surface area contributed by atoms with E-state index in [9.17, 15) is 4.79 Å². The van der Waals surface area contributed by atoms with E-state index in [2.05, 4.69) is 11.9 Å². The van der Waals surface area contributed by atoms with Crippen molar-refractivity contribution in [1.29, 1.82) is 0 Å². The molecule has 0 aromatic heterocycles. The van der Waals surface area contributed by atoms with Crippen molar-refractivity contribution in [3.8, 4) is 0 Å². The molecule has 0 aromatic carbocycles. The van der Waals surface area contributed by atoms with Gasteiger partial charge in [0.25, 0.3) is 0 Å². The normalized spacial score (nSPS) is 29.6. The average Bonchev–Trinajstić information content (AvgIpc) is 2.84. The van der Waals surface area contributed by atoms with Crippen molar-refractivity contribution in [2.24, 2.45) is 5.92 Å². The van der Waals surface area contributed by atoms with Crippen molar-refractivity contribution < 1.29 is 9.53 Å². The second-order valence-electron chi connectivity index (χ2n) is 6.63. The number of carbonyl (C=O) groups excluding carboxylic acids is 1. The predicted molar refractivity (Wildman–Crippen MR) is 76.1 cm³/mol. The Morgan fingerprint density at radius 1 is 1.47 bits per heavy atom. The summed E-state index contributed by atoms with van der Waals surface area (Å²) in [6.45, 7) is 11.3. The van der Waals surface area contributed by atoms with Gasteiger partial charge in [-0.05, 0) is 46.0 Å². The van der Waals surface area contributed by atoms with Gasteiger partial charge < -0.3 is 15.0 Å². The van der Waals surface area contributed by atoms with Gasteiger partial charge in [-0.3, -0.25) is 0 Å². The van der Waals surface area contributed by atoms with Crippen LogP contribution >= 0.6 is 0 Å². The van der Waals surface area contributed by atoms with E-state index in [1.54, 1.807) is 0 Å². The fraction of sp³-hybridized carbons (Fsp3) is 0.800. The molecule has 19 heavy (non-hydrogen) atoms. The first-order chi connectivity index (χ1) is 8.92. The number of ether oxygens (including phenoxy) is 1. The maximum atomic E-state index is 12.3. The molecule has 0 saturated carbocycles. The summed E-state index contributed by atoms with van der Waals surface area (Å²) in [5, 5.41) is 3.37. The second kappa shape index (κ2) is 5.53. The molecule has 3 atom stereocenters. The lowest BCUT2D eigenvalue weighted by Crippen LogP contribution is -2.41. The van der Waals surface area contributed by atoms with E-state index in [-0.39, 0.29) is 6.09 Å². The lowest BCUT2D eigenvalue weighted by molar-refractivity contribution is 0.0205. The molecule has 1 N–H and O–H groups in total. The minimum atomic E-state index is -0.407. The number of rotatable bonds is 4. The molecule has 0 aliphatic carbocycles. The Morgan fingerprint density at radius 2 is 2.21 bits per heavy atom. The van der Waals surface area contributed by atoms with Crippen molar-refractivity contribution in [2.75, 3.05) is 13.1 Å². The molecule has 2 heterocycles. The summed E-state index contributed by atoms with van der Waals surface area (Å²) in [4.78, 5) is 14.3. The fourth-order valence-electron chi connectivity index (χ4n) is 3.30. The Morgan fingerprint density at radius 3 is 2.84 bits per heavy atom. The Kier molecular flexibility index (Phi) is 4.19. The zero-order valence-corrected chi connectivity index (χ0v) is 12.3. The molecule has 4 heteroatoms. The smallest absolute Gasteiger partial charge is 0.410 e. The quantitative estimate of drug-likeness (QED) is 0.628. The molecule has 0 radical (unpaired) electrons. The summed E-state index contributed by atoms with van der Waals surface area (Å²) in [7, 11) is 0. The molecule has 2 saturated heterocycles. The lowest BCUT2D eigenvalue weighted by atomic mass is 9.89. The molecule has 2 aliphatic rings. The molecule has 0 spiro atoms. The molecule has 108 valence electrons. The molecule has 4 nitrogen and oxygen atoms in total. The average molecular weight is 266 g/mol. The Balaban J connectivity index is 1.93. The number of amides is 1. The van der Waals surface area contributed by atoms with Gasteiger partial charge in [-0.25, -0.2) is 4.79 Å². The van der Waals surface area contributed by atoms with Crippen LogP contribution in [0.25, 0.3) is 0 Å². The summed E-state index contributed by atoms with van der Waals surface area (Å²) in [5.74, 6) is 0.561. The van der Waals surface area contributed by atoms with Crippen LogP contribution in [0.2, 0.25) is 0 Å². The zero-order chi connectivity index (χ0) is 14.0. The van der Waals surface area contributed by atoms with Crippen LogP contribution in [0.1, 0.15) is 40.0 Å². The molecular formula is C15H26N2O2. The SMILES string of the molecule is C=CCNCC1CC2CCC1N2C(=O)OC(C)(C)C. The van der Waals surface area contributed by atoms with E-state index >= 15 is 0 Å². The van der Waals surface area contributed by atoms with Gasteiger partial charge in [-0.1, -0.05) is 6.08 Å². The van der Waals surface area contributed by atoms with E-state index in [1.807, 2.05) is 31.7 Å². The maximum Gasteiger partial charge on any atom is 0.410 e. The minimum absolute atomic E-state index is 0.133. The summed E-state index contributed by atoms with van der Waals surface area (Å²) < 4.78 is 5.53. The third-order valence-electron chi connectivity index (χ3n) is 3.96. The van der Waals surface area contributed by atoms with Gasteiger partial charge in [-0.2, -0.15) is 0 Å². The van der Waals surface area contributed by atoms with Gasteiger partial charge in [0, 0.05) is 25.2 Å². The summed E-state index contributed by atoms with van der Waals surface area (Å²) in [6.07, 6.45) is 5.09. The van der Waals surface area contributed by atoms with Crippen LogP contribution in [0, 0.1) is 5.92 Å². The standard InChI is InChI=1S/C15H26N2O2/c1-5-8-16-10-11-9-12-6-7-13(11)17(12)14(18)19-15(2,3)4/h5,11-13,16H,1,6-10H2,2-4H3. The lowest BCUT2D eigenvalue weighted by Gasteiger charge is -2.28. The van der Waals surface area contributed by atoms with Crippen LogP contribution in [0.5, 0.6) is 0 Å². The highest BCUT2D eigenvalue weighted by Crippen LogP contribution is 2.42. The third-order valence-corrected chi connectivity index (χ3v) is 3.96. The fourth-order valence-corrected chi connectivity index (χ4v) is 3.30. The van der Waals surface area contributed by atoms with Crippen LogP contribution in [0.15, 0.2) is 12.7 Å². The largest absolute Gasteiger partial charge is 0.444 e.